The number of hydrogen-bond acceptors (Lipinski definition) is 2. The third-order valence-corrected chi connectivity index (χ3v) is 4.21. The second kappa shape index (κ2) is 6.12. The van der Waals surface area contributed by atoms with E-state index in [0.29, 0.717) is 12.8 Å². The summed E-state index contributed by atoms with van der Waals surface area (Å²) in [6.45, 7) is 3.98. The average molecular weight is 286 g/mol. The summed E-state index contributed by atoms with van der Waals surface area (Å²) in [5.41, 5.74) is 1.90. The van der Waals surface area contributed by atoms with Crippen molar-refractivity contribution < 1.29 is 9.90 Å². The summed E-state index contributed by atoms with van der Waals surface area (Å²) < 4.78 is 1.80. The molecular formula is C17H22N2O2. The Kier molecular flexibility index (Phi) is 4.46. The molecule has 0 bridgehead atoms. The lowest BCUT2D eigenvalue weighted by Gasteiger charge is -2.28. The van der Waals surface area contributed by atoms with Gasteiger partial charge in [-0.05, 0) is 24.5 Å². The normalized spacial score (nSPS) is 13.9. The quantitative estimate of drug-likeness (QED) is 0.888. The summed E-state index contributed by atoms with van der Waals surface area (Å²) >= 11 is 0. The number of aliphatic carboxylic acids is 1. The van der Waals surface area contributed by atoms with E-state index < -0.39 is 11.4 Å². The lowest BCUT2D eigenvalue weighted by atomic mass is 9.74. The van der Waals surface area contributed by atoms with Crippen molar-refractivity contribution in [3.05, 3.63) is 53.3 Å². The molecule has 112 valence electrons. The minimum atomic E-state index is -0.903. The minimum Gasteiger partial charge on any atom is -0.481 e. The first-order chi connectivity index (χ1) is 10.0. The van der Waals surface area contributed by atoms with Crippen LogP contribution in [0.15, 0.2) is 36.4 Å². The molecule has 0 spiro atoms. The standard InChI is InChI=1S/C17H22N2O2/c1-4-14-11-15(19(3)18-14)12-17(5-2,16(20)21)13-9-7-6-8-10-13/h6-11H,4-5,12H2,1-3H3,(H,20,21). The van der Waals surface area contributed by atoms with Crippen molar-refractivity contribution >= 4 is 5.97 Å². The van der Waals surface area contributed by atoms with E-state index in [1.54, 1.807) is 4.68 Å². The first-order valence-corrected chi connectivity index (χ1v) is 7.34. The molecule has 4 heteroatoms. The SMILES string of the molecule is CCc1cc(CC(CC)(C(=O)O)c2ccccc2)n(C)n1. The fraction of sp³-hybridized carbons (Fsp3) is 0.412. The Morgan fingerprint density at radius 2 is 1.95 bits per heavy atom. The fourth-order valence-corrected chi connectivity index (χ4v) is 2.76. The van der Waals surface area contributed by atoms with Gasteiger partial charge < -0.3 is 5.11 Å². The molecule has 2 rings (SSSR count). The second-order valence-corrected chi connectivity index (χ2v) is 5.39. The van der Waals surface area contributed by atoms with Crippen molar-refractivity contribution in [3.8, 4) is 0 Å². The summed E-state index contributed by atoms with van der Waals surface area (Å²) in [5, 5.41) is 14.3. The highest BCUT2D eigenvalue weighted by molar-refractivity contribution is 5.81. The van der Waals surface area contributed by atoms with Gasteiger partial charge in [0.1, 0.15) is 0 Å². The minimum absolute atomic E-state index is 0.451. The third-order valence-electron chi connectivity index (χ3n) is 4.21. The first kappa shape index (κ1) is 15.3. The molecule has 0 amide bonds. The van der Waals surface area contributed by atoms with E-state index in [2.05, 4.69) is 5.10 Å². The van der Waals surface area contributed by atoms with Crippen molar-refractivity contribution in [1.29, 1.82) is 0 Å². The molecule has 0 radical (unpaired) electrons. The van der Waals surface area contributed by atoms with Crippen LogP contribution in [0.4, 0.5) is 0 Å². The number of carbonyl (C=O) groups is 1. The lowest BCUT2D eigenvalue weighted by Crippen LogP contribution is -2.38. The summed E-state index contributed by atoms with van der Waals surface area (Å²) in [4.78, 5) is 12.0. The zero-order chi connectivity index (χ0) is 15.5. The van der Waals surface area contributed by atoms with Gasteiger partial charge in [0, 0.05) is 19.2 Å². The second-order valence-electron chi connectivity index (χ2n) is 5.39. The highest BCUT2D eigenvalue weighted by Gasteiger charge is 2.39. The van der Waals surface area contributed by atoms with Crippen molar-refractivity contribution in [1.82, 2.24) is 9.78 Å². The Morgan fingerprint density at radius 3 is 2.43 bits per heavy atom. The summed E-state index contributed by atoms with van der Waals surface area (Å²) in [7, 11) is 1.88. The van der Waals surface area contributed by atoms with Gasteiger partial charge in [-0.1, -0.05) is 44.2 Å². The van der Waals surface area contributed by atoms with E-state index >= 15 is 0 Å². The van der Waals surface area contributed by atoms with Crippen LogP contribution >= 0.6 is 0 Å². The fourth-order valence-electron chi connectivity index (χ4n) is 2.76. The number of benzene rings is 1. The van der Waals surface area contributed by atoms with E-state index in [9.17, 15) is 9.90 Å². The van der Waals surface area contributed by atoms with Crippen molar-refractivity contribution in [2.24, 2.45) is 7.05 Å². The van der Waals surface area contributed by atoms with Gasteiger partial charge in [0.25, 0.3) is 0 Å². The monoisotopic (exact) mass is 286 g/mol. The van der Waals surface area contributed by atoms with Gasteiger partial charge >= 0.3 is 5.97 Å². The van der Waals surface area contributed by atoms with Crippen LogP contribution in [0, 0.1) is 0 Å². The number of aryl methyl sites for hydroxylation is 2. The Balaban J connectivity index is 2.46. The van der Waals surface area contributed by atoms with Crippen LogP contribution in [0.2, 0.25) is 0 Å². The molecule has 0 aliphatic heterocycles. The van der Waals surface area contributed by atoms with Gasteiger partial charge in [0.15, 0.2) is 0 Å². The molecule has 2 aromatic rings. The van der Waals surface area contributed by atoms with E-state index in [1.165, 1.54) is 0 Å². The molecule has 0 saturated carbocycles. The maximum atomic E-state index is 12.0. The predicted molar refractivity (Wildman–Crippen MR) is 82.3 cm³/mol. The average Bonchev–Trinajstić information content (AvgIpc) is 2.85. The van der Waals surface area contributed by atoms with Gasteiger partial charge in [0.2, 0.25) is 0 Å². The molecule has 1 heterocycles. The molecule has 1 aromatic heterocycles. The molecule has 0 aliphatic rings. The van der Waals surface area contributed by atoms with Crippen LogP contribution < -0.4 is 0 Å². The van der Waals surface area contributed by atoms with E-state index in [0.717, 1.165) is 23.4 Å². The number of carboxylic acid groups (broad SMARTS) is 1. The van der Waals surface area contributed by atoms with Gasteiger partial charge in [-0.3, -0.25) is 9.48 Å². The zero-order valence-electron chi connectivity index (χ0n) is 12.8. The summed E-state index contributed by atoms with van der Waals surface area (Å²) in [6.07, 6.45) is 1.84. The predicted octanol–water partition coefficient (Wildman–Crippen LogP) is 2.96. The van der Waals surface area contributed by atoms with Crippen molar-refractivity contribution in [2.75, 3.05) is 0 Å². The van der Waals surface area contributed by atoms with Gasteiger partial charge in [-0.15, -0.1) is 0 Å². The Morgan fingerprint density at radius 1 is 1.29 bits per heavy atom. The molecule has 0 aliphatic carbocycles. The van der Waals surface area contributed by atoms with Crippen LogP contribution in [-0.4, -0.2) is 20.9 Å². The van der Waals surface area contributed by atoms with E-state index in [4.69, 9.17) is 0 Å². The molecule has 1 N–H and O–H groups in total. The zero-order valence-corrected chi connectivity index (χ0v) is 12.8. The van der Waals surface area contributed by atoms with Crippen LogP contribution in [0.25, 0.3) is 0 Å². The van der Waals surface area contributed by atoms with E-state index in [1.807, 2.05) is 57.3 Å². The molecule has 0 saturated heterocycles. The molecule has 21 heavy (non-hydrogen) atoms. The van der Waals surface area contributed by atoms with Crippen LogP contribution in [0.5, 0.6) is 0 Å². The first-order valence-electron chi connectivity index (χ1n) is 7.34. The van der Waals surface area contributed by atoms with Gasteiger partial charge in [-0.25, -0.2) is 0 Å². The highest BCUT2D eigenvalue weighted by atomic mass is 16.4. The number of rotatable bonds is 6. The van der Waals surface area contributed by atoms with Gasteiger partial charge in [-0.2, -0.15) is 5.10 Å². The number of aromatic nitrogens is 2. The molecule has 1 atom stereocenters. The van der Waals surface area contributed by atoms with E-state index in [-0.39, 0.29) is 0 Å². The maximum Gasteiger partial charge on any atom is 0.314 e. The van der Waals surface area contributed by atoms with Crippen LogP contribution in [-0.2, 0) is 30.1 Å². The Labute approximate surface area is 125 Å². The number of hydrogen-bond donors (Lipinski definition) is 1. The van der Waals surface area contributed by atoms with Crippen molar-refractivity contribution in [2.45, 2.75) is 38.5 Å². The maximum absolute atomic E-state index is 12.0. The lowest BCUT2D eigenvalue weighted by molar-refractivity contribution is -0.144. The van der Waals surface area contributed by atoms with Gasteiger partial charge in [0.05, 0.1) is 11.1 Å². The molecular weight excluding hydrogens is 264 g/mol. The number of nitrogens with zero attached hydrogens (tertiary/aromatic N) is 2. The Bertz CT molecular complexity index is 619. The number of carboxylic acids is 1. The molecule has 4 nitrogen and oxygen atoms in total. The van der Waals surface area contributed by atoms with Crippen molar-refractivity contribution in [3.63, 3.8) is 0 Å². The van der Waals surface area contributed by atoms with Crippen LogP contribution in [0.1, 0.15) is 37.2 Å². The van der Waals surface area contributed by atoms with Crippen LogP contribution in [0.3, 0.4) is 0 Å². The Hall–Kier alpha value is -2.10. The molecule has 1 unspecified atom stereocenters. The highest BCUT2D eigenvalue weighted by Crippen LogP contribution is 2.32. The summed E-state index contributed by atoms with van der Waals surface area (Å²) in [5.74, 6) is -0.782. The third kappa shape index (κ3) is 2.84. The molecule has 1 aromatic carbocycles. The smallest absolute Gasteiger partial charge is 0.314 e. The largest absolute Gasteiger partial charge is 0.481 e. The molecule has 0 fully saturated rings. The topological polar surface area (TPSA) is 55.1 Å². The summed E-state index contributed by atoms with van der Waals surface area (Å²) in [6, 6.07) is 11.5.